The number of pyridine rings is 2. The normalized spacial score (nSPS) is 13.6. The van der Waals surface area contributed by atoms with Crippen molar-refractivity contribution in [3.63, 3.8) is 0 Å². The van der Waals surface area contributed by atoms with Crippen LogP contribution >= 0.6 is 0 Å². The van der Waals surface area contributed by atoms with Gasteiger partial charge in [-0.05, 0) is 36.6 Å². The largest absolute Gasteiger partial charge is 0.477 e. The summed E-state index contributed by atoms with van der Waals surface area (Å²) in [6, 6.07) is 6.14. The Morgan fingerprint density at radius 1 is 1.17 bits per heavy atom. The highest BCUT2D eigenvalue weighted by Crippen LogP contribution is 2.30. The first-order chi connectivity index (χ1) is 13.8. The van der Waals surface area contributed by atoms with Gasteiger partial charge in [-0.3, -0.25) is 9.59 Å². The van der Waals surface area contributed by atoms with Crippen molar-refractivity contribution in [3.8, 4) is 5.88 Å². The molecule has 2 aromatic rings. The number of halogens is 3. The zero-order valence-electron chi connectivity index (χ0n) is 15.3. The highest BCUT2D eigenvalue weighted by Gasteiger charge is 2.29. The Balaban J connectivity index is 1.48. The maximum atomic E-state index is 12.2. The second-order valence-corrected chi connectivity index (χ2v) is 6.59. The van der Waals surface area contributed by atoms with E-state index in [-0.39, 0.29) is 29.8 Å². The number of ether oxygens (including phenoxy) is 1. The molecular weight excluding hydrogens is 389 g/mol. The van der Waals surface area contributed by atoms with E-state index in [0.717, 1.165) is 18.4 Å². The Morgan fingerprint density at radius 2 is 1.97 bits per heavy atom. The zero-order chi connectivity index (χ0) is 20.9. The van der Waals surface area contributed by atoms with Crippen LogP contribution in [-0.4, -0.2) is 34.6 Å². The van der Waals surface area contributed by atoms with Crippen molar-refractivity contribution >= 4 is 17.6 Å². The van der Waals surface area contributed by atoms with E-state index in [1.807, 2.05) is 0 Å². The van der Waals surface area contributed by atoms with E-state index in [4.69, 9.17) is 4.74 Å². The smallest absolute Gasteiger partial charge is 0.392 e. The van der Waals surface area contributed by atoms with Crippen LogP contribution in [0.25, 0.3) is 0 Å². The first-order valence-electron chi connectivity index (χ1n) is 9.00. The summed E-state index contributed by atoms with van der Waals surface area (Å²) in [5.74, 6) is 0.0433. The van der Waals surface area contributed by atoms with Crippen molar-refractivity contribution in [3.05, 3.63) is 47.8 Å². The minimum absolute atomic E-state index is 0.0102. The van der Waals surface area contributed by atoms with E-state index in [9.17, 15) is 22.8 Å². The fourth-order valence-electron chi connectivity index (χ4n) is 2.38. The summed E-state index contributed by atoms with van der Waals surface area (Å²) in [6.07, 6.45) is -0.826. The number of amides is 2. The lowest BCUT2D eigenvalue weighted by Crippen LogP contribution is -2.23. The summed E-state index contributed by atoms with van der Waals surface area (Å²) < 4.78 is 41.2. The highest BCUT2D eigenvalue weighted by atomic mass is 19.4. The molecule has 3 rings (SSSR count). The lowest BCUT2D eigenvalue weighted by molar-refractivity contribution is -0.139. The molecule has 1 aliphatic carbocycles. The number of rotatable bonds is 8. The average Bonchev–Trinajstić information content (AvgIpc) is 3.51. The molecule has 0 unspecified atom stereocenters. The van der Waals surface area contributed by atoms with E-state index < -0.39 is 25.1 Å². The maximum Gasteiger partial charge on any atom is 0.392 e. The van der Waals surface area contributed by atoms with Gasteiger partial charge in [-0.1, -0.05) is 0 Å². The standard InChI is InChI=1S/C19H19F3N4O3/c20-19(21,22)6-8-29-16-4-3-14(11-24-16)17(27)25-10-12-5-7-23-15(9-12)26-18(28)13-1-2-13/h3-5,7,9,11,13H,1-2,6,8,10H2,(H,25,27)(H,23,26,28). The number of nitrogens with zero attached hydrogens (tertiary/aromatic N) is 2. The Kier molecular flexibility index (Phi) is 6.30. The van der Waals surface area contributed by atoms with E-state index >= 15 is 0 Å². The van der Waals surface area contributed by atoms with Crippen LogP contribution in [-0.2, 0) is 11.3 Å². The predicted molar refractivity (Wildman–Crippen MR) is 97.2 cm³/mol. The van der Waals surface area contributed by atoms with Gasteiger partial charge < -0.3 is 15.4 Å². The summed E-state index contributed by atoms with van der Waals surface area (Å²) in [5, 5.41) is 5.44. The average molecular weight is 408 g/mol. The number of nitrogens with one attached hydrogen (secondary N) is 2. The number of hydrogen-bond donors (Lipinski definition) is 2. The number of aromatic nitrogens is 2. The Hall–Kier alpha value is -3.17. The topological polar surface area (TPSA) is 93.2 Å². The van der Waals surface area contributed by atoms with Gasteiger partial charge in [0.05, 0.1) is 18.6 Å². The Bertz CT molecular complexity index is 868. The monoisotopic (exact) mass is 408 g/mol. The van der Waals surface area contributed by atoms with Crippen LogP contribution < -0.4 is 15.4 Å². The van der Waals surface area contributed by atoms with Gasteiger partial charge in [0.2, 0.25) is 11.8 Å². The van der Waals surface area contributed by atoms with Crippen molar-refractivity contribution in [2.45, 2.75) is 32.0 Å². The summed E-state index contributed by atoms with van der Waals surface area (Å²) >= 11 is 0. The van der Waals surface area contributed by atoms with E-state index in [2.05, 4.69) is 20.6 Å². The van der Waals surface area contributed by atoms with Crippen LogP contribution in [0, 0.1) is 5.92 Å². The van der Waals surface area contributed by atoms with Gasteiger partial charge in [-0.15, -0.1) is 0 Å². The van der Waals surface area contributed by atoms with Crippen molar-refractivity contribution in [1.29, 1.82) is 0 Å². The maximum absolute atomic E-state index is 12.2. The van der Waals surface area contributed by atoms with Gasteiger partial charge in [0, 0.05) is 30.9 Å². The molecular formula is C19H19F3N4O3. The molecule has 0 atom stereocenters. The van der Waals surface area contributed by atoms with Crippen LogP contribution in [0.3, 0.4) is 0 Å². The molecule has 1 saturated carbocycles. The Morgan fingerprint density at radius 3 is 2.62 bits per heavy atom. The van der Waals surface area contributed by atoms with E-state index in [1.54, 1.807) is 18.3 Å². The molecule has 0 spiro atoms. The lowest BCUT2D eigenvalue weighted by atomic mass is 10.2. The molecule has 29 heavy (non-hydrogen) atoms. The van der Waals surface area contributed by atoms with Crippen molar-refractivity contribution < 1.29 is 27.5 Å². The third kappa shape index (κ3) is 6.74. The number of hydrogen-bond acceptors (Lipinski definition) is 5. The number of alkyl halides is 3. The molecule has 0 aliphatic heterocycles. The molecule has 0 radical (unpaired) electrons. The molecule has 2 amide bonds. The summed E-state index contributed by atoms with van der Waals surface area (Å²) in [4.78, 5) is 31.9. The number of carbonyl (C=O) groups excluding carboxylic acids is 2. The fraction of sp³-hybridized carbons (Fsp3) is 0.368. The quantitative estimate of drug-likeness (QED) is 0.700. The summed E-state index contributed by atoms with van der Waals surface area (Å²) in [7, 11) is 0. The van der Waals surface area contributed by atoms with Gasteiger partial charge in [0.15, 0.2) is 0 Å². The SMILES string of the molecule is O=C(NCc1ccnc(NC(=O)C2CC2)c1)c1ccc(OCCC(F)(F)F)nc1. The molecule has 2 N–H and O–H groups in total. The fourth-order valence-corrected chi connectivity index (χ4v) is 2.38. The highest BCUT2D eigenvalue weighted by molar-refractivity contribution is 5.94. The van der Waals surface area contributed by atoms with Crippen LogP contribution in [0.15, 0.2) is 36.7 Å². The first-order valence-corrected chi connectivity index (χ1v) is 9.00. The van der Waals surface area contributed by atoms with Crippen molar-refractivity contribution in [2.24, 2.45) is 5.92 Å². The molecule has 154 valence electrons. The molecule has 7 nitrogen and oxygen atoms in total. The van der Waals surface area contributed by atoms with Crippen molar-refractivity contribution in [2.75, 3.05) is 11.9 Å². The van der Waals surface area contributed by atoms with E-state index in [1.165, 1.54) is 18.3 Å². The second-order valence-electron chi connectivity index (χ2n) is 6.59. The second kappa shape index (κ2) is 8.89. The van der Waals surface area contributed by atoms with Gasteiger partial charge in [0.1, 0.15) is 5.82 Å². The minimum Gasteiger partial charge on any atom is -0.477 e. The zero-order valence-corrected chi connectivity index (χ0v) is 15.3. The molecule has 2 aromatic heterocycles. The molecule has 1 aliphatic rings. The lowest BCUT2D eigenvalue weighted by Gasteiger charge is -2.09. The van der Waals surface area contributed by atoms with Crippen LogP contribution in [0.5, 0.6) is 5.88 Å². The van der Waals surface area contributed by atoms with Gasteiger partial charge >= 0.3 is 6.18 Å². The molecule has 10 heteroatoms. The van der Waals surface area contributed by atoms with Gasteiger partial charge in [0.25, 0.3) is 5.91 Å². The number of carbonyl (C=O) groups is 2. The number of anilines is 1. The third-order valence-electron chi connectivity index (χ3n) is 4.11. The summed E-state index contributed by atoms with van der Waals surface area (Å²) in [6.45, 7) is -0.332. The predicted octanol–water partition coefficient (Wildman–Crippen LogP) is 3.09. The molecule has 2 heterocycles. The minimum atomic E-state index is -4.30. The molecule has 1 fully saturated rings. The summed E-state index contributed by atoms with van der Waals surface area (Å²) in [5.41, 5.74) is 0.990. The third-order valence-corrected chi connectivity index (χ3v) is 4.11. The Labute approximate surface area is 164 Å². The molecule has 0 aromatic carbocycles. The molecule has 0 bridgehead atoms. The van der Waals surface area contributed by atoms with Crippen LogP contribution in [0.1, 0.15) is 35.2 Å². The van der Waals surface area contributed by atoms with Crippen molar-refractivity contribution in [1.82, 2.24) is 15.3 Å². The van der Waals surface area contributed by atoms with E-state index in [0.29, 0.717) is 5.82 Å². The first kappa shape index (κ1) is 20.6. The van der Waals surface area contributed by atoms with Gasteiger partial charge in [-0.2, -0.15) is 13.2 Å². The van der Waals surface area contributed by atoms with Crippen LogP contribution in [0.2, 0.25) is 0 Å². The molecule has 0 saturated heterocycles. The van der Waals surface area contributed by atoms with Crippen LogP contribution in [0.4, 0.5) is 19.0 Å². The van der Waals surface area contributed by atoms with Gasteiger partial charge in [-0.25, -0.2) is 9.97 Å².